The van der Waals surface area contributed by atoms with Crippen molar-refractivity contribution in [3.8, 4) is 0 Å². The van der Waals surface area contributed by atoms with Gasteiger partial charge in [0.05, 0.1) is 38.4 Å². The quantitative estimate of drug-likeness (QED) is 0.290. The minimum atomic E-state index is -0.982. The molecule has 0 radical (unpaired) electrons. The lowest BCUT2D eigenvalue weighted by Crippen LogP contribution is -2.47. The summed E-state index contributed by atoms with van der Waals surface area (Å²) in [4.78, 5) is 1.68. The van der Waals surface area contributed by atoms with Crippen LogP contribution in [0.4, 0.5) is 0 Å². The lowest BCUT2D eigenvalue weighted by Gasteiger charge is -2.33. The van der Waals surface area contributed by atoms with Crippen molar-refractivity contribution < 1.29 is 25.5 Å². The van der Waals surface area contributed by atoms with E-state index in [4.69, 9.17) is 25.5 Å². The van der Waals surface area contributed by atoms with Gasteiger partial charge in [-0.25, -0.2) is 0 Å². The van der Waals surface area contributed by atoms with E-state index < -0.39 is 5.41 Å². The Hall–Kier alpha value is -0.240. The first-order chi connectivity index (χ1) is 7.17. The van der Waals surface area contributed by atoms with Gasteiger partial charge >= 0.3 is 0 Å². The third kappa shape index (κ3) is 4.87. The third-order valence-electron chi connectivity index (χ3n) is 2.40. The van der Waals surface area contributed by atoms with Crippen LogP contribution in [0.1, 0.15) is 0 Å². The monoisotopic (exact) mass is 223 g/mol. The van der Waals surface area contributed by atoms with Crippen LogP contribution in [0.5, 0.6) is 0 Å². The van der Waals surface area contributed by atoms with Crippen molar-refractivity contribution >= 4 is 0 Å². The van der Waals surface area contributed by atoms with Gasteiger partial charge in [0, 0.05) is 19.6 Å². The zero-order valence-electron chi connectivity index (χ0n) is 8.84. The molecule has 0 amide bonds. The van der Waals surface area contributed by atoms with Gasteiger partial charge in [-0.15, -0.1) is 0 Å². The topological polar surface area (TPSA) is 104 Å². The van der Waals surface area contributed by atoms with E-state index in [0.29, 0.717) is 13.1 Å². The largest absolute Gasteiger partial charge is 0.396 e. The van der Waals surface area contributed by atoms with E-state index in [0.717, 1.165) is 0 Å². The van der Waals surface area contributed by atoms with Crippen molar-refractivity contribution in [3.05, 3.63) is 0 Å². The van der Waals surface area contributed by atoms with E-state index in [1.54, 1.807) is 4.90 Å². The lowest BCUT2D eigenvalue weighted by atomic mass is 9.90. The molecule has 92 valence electrons. The second-order valence-corrected chi connectivity index (χ2v) is 3.70. The fourth-order valence-corrected chi connectivity index (χ4v) is 1.33. The highest BCUT2D eigenvalue weighted by Gasteiger charge is 2.30. The third-order valence-corrected chi connectivity index (χ3v) is 2.40. The van der Waals surface area contributed by atoms with Crippen molar-refractivity contribution in [3.63, 3.8) is 0 Å². The molecule has 0 aromatic carbocycles. The van der Waals surface area contributed by atoms with E-state index in [2.05, 4.69) is 0 Å². The van der Waals surface area contributed by atoms with Gasteiger partial charge in [0.15, 0.2) is 0 Å². The smallest absolute Gasteiger partial charge is 0.0558 e. The van der Waals surface area contributed by atoms with Crippen LogP contribution in [0.15, 0.2) is 0 Å². The molecule has 0 spiro atoms. The highest BCUT2D eigenvalue weighted by atomic mass is 16.3. The SMILES string of the molecule is OCCN(CCO)CC(CO)(CO)CO. The average molecular weight is 223 g/mol. The Morgan fingerprint density at radius 1 is 0.733 bits per heavy atom. The number of nitrogens with zero attached hydrogens (tertiary/aromatic N) is 1. The summed E-state index contributed by atoms with van der Waals surface area (Å²) in [5.41, 5.74) is -0.982. The summed E-state index contributed by atoms with van der Waals surface area (Å²) >= 11 is 0. The predicted molar refractivity (Wildman–Crippen MR) is 54.3 cm³/mol. The number of aliphatic hydroxyl groups is 5. The van der Waals surface area contributed by atoms with Crippen LogP contribution >= 0.6 is 0 Å². The molecule has 0 fully saturated rings. The second kappa shape index (κ2) is 7.98. The van der Waals surface area contributed by atoms with Gasteiger partial charge in [0.1, 0.15) is 0 Å². The van der Waals surface area contributed by atoms with Gasteiger partial charge in [-0.1, -0.05) is 0 Å². The van der Waals surface area contributed by atoms with E-state index >= 15 is 0 Å². The highest BCUT2D eigenvalue weighted by molar-refractivity contribution is 4.81. The Morgan fingerprint density at radius 3 is 1.40 bits per heavy atom. The number of hydrogen-bond donors (Lipinski definition) is 5. The van der Waals surface area contributed by atoms with E-state index in [1.807, 2.05) is 0 Å². The molecule has 0 saturated heterocycles. The Labute approximate surface area is 89.4 Å². The first-order valence-corrected chi connectivity index (χ1v) is 4.94. The molecule has 0 unspecified atom stereocenters. The van der Waals surface area contributed by atoms with Gasteiger partial charge in [0.25, 0.3) is 0 Å². The molecule has 6 nitrogen and oxygen atoms in total. The minimum absolute atomic E-state index is 0.0711. The van der Waals surface area contributed by atoms with Crippen molar-refractivity contribution in [2.24, 2.45) is 5.41 Å². The molecule has 0 aliphatic carbocycles. The summed E-state index contributed by atoms with van der Waals surface area (Å²) in [6, 6.07) is 0. The minimum Gasteiger partial charge on any atom is -0.396 e. The molecule has 0 rings (SSSR count). The van der Waals surface area contributed by atoms with Gasteiger partial charge in [-0.05, 0) is 0 Å². The molecular formula is C9H21NO5. The van der Waals surface area contributed by atoms with Crippen LogP contribution in [0.25, 0.3) is 0 Å². The standard InChI is InChI=1S/C9H21NO5/c11-3-1-10(2-4-12)5-9(6-13,7-14)8-15/h11-15H,1-8H2. The highest BCUT2D eigenvalue weighted by Crippen LogP contribution is 2.16. The molecule has 0 atom stereocenters. The molecule has 15 heavy (non-hydrogen) atoms. The normalized spacial score (nSPS) is 12.4. The second-order valence-electron chi connectivity index (χ2n) is 3.70. The van der Waals surface area contributed by atoms with E-state index in [1.165, 1.54) is 0 Å². The molecule has 0 aromatic heterocycles. The van der Waals surface area contributed by atoms with Crippen LogP contribution in [0, 0.1) is 5.41 Å². The average Bonchev–Trinajstić information content (AvgIpc) is 2.27. The summed E-state index contributed by atoms with van der Waals surface area (Å²) in [5.74, 6) is 0. The molecule has 0 heterocycles. The van der Waals surface area contributed by atoms with Crippen LogP contribution in [-0.4, -0.2) is 83.1 Å². The zero-order valence-corrected chi connectivity index (χ0v) is 8.84. The number of rotatable bonds is 9. The van der Waals surface area contributed by atoms with Crippen molar-refractivity contribution in [1.82, 2.24) is 4.90 Å². The first kappa shape index (κ1) is 14.8. The Kier molecular flexibility index (Phi) is 7.85. The summed E-state index contributed by atoms with van der Waals surface area (Å²) in [5, 5.41) is 44.8. The maximum Gasteiger partial charge on any atom is 0.0558 e. The molecule has 0 bridgehead atoms. The number of aliphatic hydroxyl groups excluding tert-OH is 5. The van der Waals surface area contributed by atoms with E-state index in [9.17, 15) is 0 Å². The van der Waals surface area contributed by atoms with Gasteiger partial charge in [-0.3, -0.25) is 4.90 Å². The Bertz CT molecular complexity index is 137. The van der Waals surface area contributed by atoms with Gasteiger partial charge in [0.2, 0.25) is 0 Å². The maximum absolute atomic E-state index is 9.09. The summed E-state index contributed by atoms with van der Waals surface area (Å²) in [6.07, 6.45) is 0. The van der Waals surface area contributed by atoms with E-state index in [-0.39, 0.29) is 39.6 Å². The molecule has 0 aromatic rings. The fraction of sp³-hybridized carbons (Fsp3) is 1.00. The first-order valence-electron chi connectivity index (χ1n) is 4.94. The summed E-state index contributed by atoms with van der Waals surface area (Å²) < 4.78 is 0. The molecular weight excluding hydrogens is 202 g/mol. The summed E-state index contributed by atoms with van der Waals surface area (Å²) in [6.45, 7) is -0.257. The zero-order chi connectivity index (χ0) is 11.7. The Morgan fingerprint density at radius 2 is 1.13 bits per heavy atom. The molecule has 0 saturated carbocycles. The van der Waals surface area contributed by atoms with Crippen molar-refractivity contribution in [2.75, 3.05) is 52.7 Å². The fourth-order valence-electron chi connectivity index (χ4n) is 1.33. The molecule has 5 N–H and O–H groups in total. The molecule has 0 aliphatic heterocycles. The predicted octanol–water partition coefficient (Wildman–Crippen LogP) is -2.76. The maximum atomic E-state index is 9.09. The van der Waals surface area contributed by atoms with Crippen molar-refractivity contribution in [1.29, 1.82) is 0 Å². The molecule has 0 aliphatic rings. The van der Waals surface area contributed by atoms with Crippen LogP contribution < -0.4 is 0 Å². The molecule has 6 heteroatoms. The van der Waals surface area contributed by atoms with Crippen LogP contribution in [0.3, 0.4) is 0 Å². The summed E-state index contributed by atoms with van der Waals surface area (Å²) in [7, 11) is 0. The number of hydrogen-bond acceptors (Lipinski definition) is 6. The van der Waals surface area contributed by atoms with Gasteiger partial charge in [-0.2, -0.15) is 0 Å². The Balaban J connectivity index is 4.30. The van der Waals surface area contributed by atoms with Gasteiger partial charge < -0.3 is 25.5 Å². The van der Waals surface area contributed by atoms with Crippen LogP contribution in [-0.2, 0) is 0 Å². The van der Waals surface area contributed by atoms with Crippen molar-refractivity contribution in [2.45, 2.75) is 0 Å². The lowest BCUT2D eigenvalue weighted by molar-refractivity contribution is -0.0244. The van der Waals surface area contributed by atoms with Crippen LogP contribution in [0.2, 0.25) is 0 Å².